The maximum Gasteiger partial charge on any atom is 0.327 e. The average molecular weight is 166 g/mol. The van der Waals surface area contributed by atoms with Crippen LogP contribution in [0.2, 0.25) is 0 Å². The lowest BCUT2D eigenvalue weighted by Gasteiger charge is -1.95. The zero-order chi connectivity index (χ0) is 8.41. The van der Waals surface area contributed by atoms with Gasteiger partial charge in [0.1, 0.15) is 0 Å². The SMILES string of the molecule is CC=CC.CCOP(O)O. The van der Waals surface area contributed by atoms with Gasteiger partial charge in [-0.3, -0.25) is 0 Å². The van der Waals surface area contributed by atoms with Gasteiger partial charge in [-0.2, -0.15) is 0 Å². The quantitative estimate of drug-likeness (QED) is 0.486. The van der Waals surface area contributed by atoms with E-state index in [2.05, 4.69) is 4.52 Å². The molecule has 0 amide bonds. The van der Waals surface area contributed by atoms with Crippen molar-refractivity contribution in [1.82, 2.24) is 0 Å². The van der Waals surface area contributed by atoms with Gasteiger partial charge >= 0.3 is 8.60 Å². The van der Waals surface area contributed by atoms with Crippen LogP contribution >= 0.6 is 8.60 Å². The van der Waals surface area contributed by atoms with Crippen LogP contribution in [0.15, 0.2) is 12.2 Å². The first-order chi connectivity index (χ1) is 4.68. The number of rotatable bonds is 2. The minimum atomic E-state index is -2.10. The highest BCUT2D eigenvalue weighted by molar-refractivity contribution is 7.39. The lowest BCUT2D eigenvalue weighted by molar-refractivity contribution is 0.269. The summed E-state index contributed by atoms with van der Waals surface area (Å²) in [6, 6.07) is 0. The highest BCUT2D eigenvalue weighted by atomic mass is 31.2. The Balaban J connectivity index is 0. The Hall–Kier alpha value is 0.0500. The maximum atomic E-state index is 7.95. The lowest BCUT2D eigenvalue weighted by atomic mass is 10.6. The van der Waals surface area contributed by atoms with Crippen molar-refractivity contribution in [2.75, 3.05) is 6.61 Å². The average Bonchev–Trinajstić information content (AvgIpc) is 1.89. The van der Waals surface area contributed by atoms with Crippen LogP contribution in [0.4, 0.5) is 0 Å². The van der Waals surface area contributed by atoms with Crippen molar-refractivity contribution in [2.45, 2.75) is 20.8 Å². The van der Waals surface area contributed by atoms with Gasteiger partial charge in [0.05, 0.1) is 6.61 Å². The molecule has 0 atom stereocenters. The fourth-order valence-corrected chi connectivity index (χ4v) is 0.346. The van der Waals surface area contributed by atoms with E-state index in [4.69, 9.17) is 9.79 Å². The van der Waals surface area contributed by atoms with Gasteiger partial charge in [0.15, 0.2) is 0 Å². The molecule has 0 fully saturated rings. The highest BCUT2D eigenvalue weighted by Gasteiger charge is 1.91. The molecule has 2 N–H and O–H groups in total. The fourth-order valence-electron chi connectivity index (χ4n) is 0.115. The van der Waals surface area contributed by atoms with Crippen LogP contribution in [0.3, 0.4) is 0 Å². The first kappa shape index (κ1) is 12.7. The van der Waals surface area contributed by atoms with E-state index in [1.54, 1.807) is 6.92 Å². The van der Waals surface area contributed by atoms with Crippen molar-refractivity contribution in [2.24, 2.45) is 0 Å². The van der Waals surface area contributed by atoms with Gasteiger partial charge < -0.3 is 14.3 Å². The molecule has 0 aromatic carbocycles. The molecule has 0 aliphatic carbocycles. The molecular weight excluding hydrogens is 151 g/mol. The van der Waals surface area contributed by atoms with E-state index in [0.29, 0.717) is 6.61 Å². The van der Waals surface area contributed by atoms with Gasteiger partial charge in [0, 0.05) is 0 Å². The standard InChI is InChI=1S/C4H8.C2H7O3P/c1-3-4-2;1-2-5-6(3)4/h3-4H,1-2H3;3-4H,2H2,1H3. The Bertz CT molecular complexity index is 69.4. The number of hydrogen-bond acceptors (Lipinski definition) is 3. The summed E-state index contributed by atoms with van der Waals surface area (Å²) in [4.78, 5) is 15.9. The van der Waals surface area contributed by atoms with Crippen LogP contribution in [0.5, 0.6) is 0 Å². The largest absolute Gasteiger partial charge is 0.328 e. The monoisotopic (exact) mass is 166 g/mol. The number of hydrogen-bond donors (Lipinski definition) is 2. The smallest absolute Gasteiger partial charge is 0.327 e. The zero-order valence-electron chi connectivity index (χ0n) is 6.61. The molecule has 0 rings (SSSR count). The summed E-state index contributed by atoms with van der Waals surface area (Å²) in [6.45, 7) is 6.06. The van der Waals surface area contributed by atoms with E-state index in [9.17, 15) is 0 Å². The van der Waals surface area contributed by atoms with Crippen molar-refractivity contribution in [3.8, 4) is 0 Å². The molecule has 3 nitrogen and oxygen atoms in total. The first-order valence-electron chi connectivity index (χ1n) is 3.07. The van der Waals surface area contributed by atoms with Crippen molar-refractivity contribution in [3.63, 3.8) is 0 Å². The molecule has 0 unspecified atom stereocenters. The van der Waals surface area contributed by atoms with Crippen molar-refractivity contribution >= 4 is 8.60 Å². The van der Waals surface area contributed by atoms with Gasteiger partial charge in [0.25, 0.3) is 0 Å². The molecule has 10 heavy (non-hydrogen) atoms. The van der Waals surface area contributed by atoms with Gasteiger partial charge in [0.2, 0.25) is 0 Å². The van der Waals surface area contributed by atoms with Gasteiger partial charge in [-0.05, 0) is 20.8 Å². The van der Waals surface area contributed by atoms with Crippen molar-refractivity contribution < 1.29 is 14.3 Å². The second-order valence-electron chi connectivity index (χ2n) is 1.34. The maximum absolute atomic E-state index is 7.95. The summed E-state index contributed by atoms with van der Waals surface area (Å²) in [5.41, 5.74) is 0. The van der Waals surface area contributed by atoms with Gasteiger partial charge in [-0.15, -0.1) is 0 Å². The molecule has 0 aliphatic rings. The molecule has 0 bridgehead atoms. The van der Waals surface area contributed by atoms with E-state index >= 15 is 0 Å². The molecule has 0 radical (unpaired) electrons. The molecule has 0 saturated carbocycles. The highest BCUT2D eigenvalue weighted by Crippen LogP contribution is 2.22. The summed E-state index contributed by atoms with van der Waals surface area (Å²) in [7, 11) is -2.10. The molecule has 4 heteroatoms. The molecule has 0 heterocycles. The lowest BCUT2D eigenvalue weighted by Crippen LogP contribution is -1.78. The van der Waals surface area contributed by atoms with Gasteiger partial charge in [-0.1, -0.05) is 12.2 Å². The summed E-state index contributed by atoms with van der Waals surface area (Å²) in [6.07, 6.45) is 4.00. The summed E-state index contributed by atoms with van der Waals surface area (Å²) < 4.78 is 4.22. The van der Waals surface area contributed by atoms with Crippen LogP contribution in [0.1, 0.15) is 20.8 Å². The second-order valence-corrected chi connectivity index (χ2v) is 2.10. The third-order valence-electron chi connectivity index (χ3n) is 0.578. The van der Waals surface area contributed by atoms with Crippen LogP contribution < -0.4 is 0 Å². The summed E-state index contributed by atoms with van der Waals surface area (Å²) in [5.74, 6) is 0. The van der Waals surface area contributed by atoms with E-state index in [0.717, 1.165) is 0 Å². The summed E-state index contributed by atoms with van der Waals surface area (Å²) in [5, 5.41) is 0. The Labute approximate surface area is 63.3 Å². The number of allylic oxidation sites excluding steroid dienone is 2. The summed E-state index contributed by atoms with van der Waals surface area (Å²) >= 11 is 0. The van der Waals surface area contributed by atoms with Crippen LogP contribution in [-0.4, -0.2) is 16.4 Å². The Morgan fingerprint density at radius 3 is 1.70 bits per heavy atom. The van der Waals surface area contributed by atoms with Crippen LogP contribution in [0.25, 0.3) is 0 Å². The van der Waals surface area contributed by atoms with Crippen LogP contribution in [-0.2, 0) is 4.52 Å². The van der Waals surface area contributed by atoms with Gasteiger partial charge in [-0.25, -0.2) is 0 Å². The third kappa shape index (κ3) is 24.4. The Morgan fingerprint density at radius 2 is 1.70 bits per heavy atom. The van der Waals surface area contributed by atoms with E-state index in [1.165, 1.54) is 0 Å². The van der Waals surface area contributed by atoms with E-state index in [-0.39, 0.29) is 0 Å². The predicted molar refractivity (Wildman–Crippen MR) is 43.5 cm³/mol. The molecular formula is C6H15O3P. The molecule has 0 aliphatic heterocycles. The molecule has 0 saturated heterocycles. The topological polar surface area (TPSA) is 49.7 Å². The van der Waals surface area contributed by atoms with Crippen LogP contribution in [0, 0.1) is 0 Å². The zero-order valence-corrected chi connectivity index (χ0v) is 7.51. The third-order valence-corrected chi connectivity index (χ3v) is 1.07. The minimum Gasteiger partial charge on any atom is -0.328 e. The van der Waals surface area contributed by atoms with E-state index < -0.39 is 8.60 Å². The fraction of sp³-hybridized carbons (Fsp3) is 0.667. The molecule has 0 aromatic rings. The first-order valence-corrected chi connectivity index (χ1v) is 4.23. The van der Waals surface area contributed by atoms with Crippen molar-refractivity contribution in [3.05, 3.63) is 12.2 Å². The Morgan fingerprint density at radius 1 is 1.30 bits per heavy atom. The predicted octanol–water partition coefficient (Wildman–Crippen LogP) is 1.82. The van der Waals surface area contributed by atoms with E-state index in [1.807, 2.05) is 26.0 Å². The Kier molecular flexibility index (Phi) is 15.0. The normalized spacial score (nSPS) is 9.80. The molecule has 0 aromatic heterocycles. The minimum absolute atomic E-state index is 0.360. The molecule has 62 valence electrons. The van der Waals surface area contributed by atoms with Crippen molar-refractivity contribution in [1.29, 1.82) is 0 Å². The molecule has 0 spiro atoms. The second kappa shape index (κ2) is 11.8.